The third-order valence-corrected chi connectivity index (χ3v) is 15.7. The third kappa shape index (κ3) is 5.58. The molecule has 5 saturated carbocycles. The number of carboxylic acids is 1. The molecule has 1 heterocycles. The van der Waals surface area contributed by atoms with Gasteiger partial charge >= 0.3 is 18.0 Å². The Morgan fingerprint density at radius 2 is 1.68 bits per heavy atom. The molecule has 0 aliphatic heterocycles. The van der Waals surface area contributed by atoms with Crippen molar-refractivity contribution in [3.63, 3.8) is 0 Å². The number of nitrogens with one attached hydrogen (secondary N) is 2. The molecule has 10 atom stereocenters. The van der Waals surface area contributed by atoms with Gasteiger partial charge in [0.05, 0.1) is 17.4 Å². The molecule has 5 aliphatic rings. The van der Waals surface area contributed by atoms with Crippen LogP contribution in [-0.4, -0.2) is 45.5 Å². The first kappa shape index (κ1) is 36.8. The Labute approximate surface area is 298 Å². The summed E-state index contributed by atoms with van der Waals surface area (Å²) in [5.74, 6) is 0.713. The van der Waals surface area contributed by atoms with Crippen LogP contribution in [0.15, 0.2) is 24.4 Å². The van der Waals surface area contributed by atoms with Crippen molar-refractivity contribution < 1.29 is 29.0 Å². The molecule has 1 aromatic heterocycles. The second-order valence-corrected chi connectivity index (χ2v) is 19.3. The predicted molar refractivity (Wildman–Crippen MR) is 192 cm³/mol. The van der Waals surface area contributed by atoms with Crippen LogP contribution in [-0.2, 0) is 19.1 Å². The van der Waals surface area contributed by atoms with E-state index in [9.17, 15) is 24.3 Å². The Kier molecular flexibility index (Phi) is 9.07. The van der Waals surface area contributed by atoms with E-state index in [1.54, 1.807) is 26.1 Å². The number of aliphatic carboxylic acids is 1. The van der Waals surface area contributed by atoms with Crippen LogP contribution < -0.4 is 10.6 Å². The topological polar surface area (TPSA) is 135 Å². The van der Waals surface area contributed by atoms with Gasteiger partial charge in [0.25, 0.3) is 0 Å². The summed E-state index contributed by atoms with van der Waals surface area (Å²) in [5.41, 5.74) is -1.86. The Balaban J connectivity index is 1.26. The number of rotatable bonds is 7. The Morgan fingerprint density at radius 1 is 0.960 bits per heavy atom. The van der Waals surface area contributed by atoms with E-state index < -0.39 is 22.9 Å². The van der Waals surface area contributed by atoms with Crippen molar-refractivity contribution in [1.29, 1.82) is 0 Å². The Morgan fingerprint density at radius 3 is 2.32 bits per heavy atom. The average molecular weight is 692 g/mol. The molecule has 9 heteroatoms. The van der Waals surface area contributed by atoms with Gasteiger partial charge in [-0.15, -0.1) is 0 Å². The number of ether oxygens (including phenoxy) is 1. The van der Waals surface area contributed by atoms with Crippen molar-refractivity contribution in [3.8, 4) is 0 Å². The van der Waals surface area contributed by atoms with Gasteiger partial charge in [0.1, 0.15) is 17.7 Å². The minimum Gasteiger partial charge on any atom is -0.481 e. The van der Waals surface area contributed by atoms with E-state index in [1.807, 2.05) is 12.1 Å². The van der Waals surface area contributed by atoms with Crippen LogP contribution in [0.2, 0.25) is 0 Å². The van der Waals surface area contributed by atoms with Gasteiger partial charge in [-0.25, -0.2) is 9.78 Å². The van der Waals surface area contributed by atoms with Crippen molar-refractivity contribution in [2.24, 2.45) is 62.6 Å². The number of hydrogen-bond donors (Lipinski definition) is 3. The number of Topliss-reactive ketones (excluding diaryl/α,β-unsaturated/α-hetero) is 1. The molecule has 0 aromatic carbocycles. The van der Waals surface area contributed by atoms with E-state index in [4.69, 9.17) is 4.74 Å². The molecule has 0 bridgehead atoms. The fourth-order valence-corrected chi connectivity index (χ4v) is 13.1. The van der Waals surface area contributed by atoms with Crippen LogP contribution in [0.5, 0.6) is 0 Å². The quantitative estimate of drug-likeness (QED) is 0.245. The summed E-state index contributed by atoms with van der Waals surface area (Å²) in [6.07, 6.45) is 9.40. The van der Waals surface area contributed by atoms with Crippen LogP contribution in [0, 0.1) is 62.6 Å². The van der Waals surface area contributed by atoms with Crippen LogP contribution in [0.4, 0.5) is 10.6 Å². The lowest BCUT2D eigenvalue weighted by Gasteiger charge is -2.73. The third-order valence-electron chi connectivity index (χ3n) is 15.7. The second kappa shape index (κ2) is 12.3. The molecular weight excluding hydrogens is 630 g/mol. The molecule has 50 heavy (non-hydrogen) atoms. The maximum absolute atomic E-state index is 13.9. The first-order valence-corrected chi connectivity index (χ1v) is 19.2. The highest BCUT2D eigenvalue weighted by Crippen LogP contribution is 2.76. The van der Waals surface area contributed by atoms with Crippen molar-refractivity contribution >= 4 is 29.6 Å². The minimum absolute atomic E-state index is 0.00480. The second-order valence-electron chi connectivity index (χ2n) is 19.3. The van der Waals surface area contributed by atoms with E-state index in [1.165, 1.54) is 0 Å². The molecule has 0 radical (unpaired) electrons. The number of carboxylic acid groups (broad SMARTS) is 1. The van der Waals surface area contributed by atoms with Crippen molar-refractivity contribution in [1.82, 2.24) is 10.3 Å². The van der Waals surface area contributed by atoms with Gasteiger partial charge in [0.15, 0.2) is 0 Å². The molecule has 5 fully saturated rings. The number of urea groups is 1. The van der Waals surface area contributed by atoms with E-state index >= 15 is 0 Å². The largest absolute Gasteiger partial charge is 0.481 e. The number of fused-ring (bicyclic) bond motifs is 7. The zero-order chi connectivity index (χ0) is 36.7. The Hall–Kier alpha value is -2.97. The van der Waals surface area contributed by atoms with E-state index in [2.05, 4.69) is 64.1 Å². The highest BCUT2D eigenvalue weighted by atomic mass is 16.5. The first-order chi connectivity index (χ1) is 23.2. The SMILES string of the molecule is CC(C)C1C(=O)CC2(NC(=O)Nc3ccccn3)CC[C@]3(C)C(CCC4C5(C)CCC(OC(=O)CC(C)(C)C(=O)O)C(C)(C)C5CCC43C)C12. The van der Waals surface area contributed by atoms with Gasteiger partial charge in [-0.05, 0) is 123 Å². The first-order valence-electron chi connectivity index (χ1n) is 19.2. The molecule has 5 aliphatic carbocycles. The van der Waals surface area contributed by atoms with Gasteiger partial charge in [-0.1, -0.05) is 54.5 Å². The molecule has 9 nitrogen and oxygen atoms in total. The van der Waals surface area contributed by atoms with Gasteiger partial charge in [-0.2, -0.15) is 0 Å². The summed E-state index contributed by atoms with van der Waals surface area (Å²) in [6.45, 7) is 19.6. The summed E-state index contributed by atoms with van der Waals surface area (Å²) in [4.78, 5) is 56.6. The number of aromatic nitrogens is 1. The lowest BCUT2D eigenvalue weighted by atomic mass is 9.32. The van der Waals surface area contributed by atoms with Gasteiger partial charge in [0.2, 0.25) is 0 Å². The fraction of sp³-hybridized carbons (Fsp3) is 0.780. The maximum atomic E-state index is 13.9. The summed E-state index contributed by atoms with van der Waals surface area (Å²) < 4.78 is 6.15. The van der Waals surface area contributed by atoms with E-state index in [-0.39, 0.29) is 63.8 Å². The van der Waals surface area contributed by atoms with Gasteiger partial charge in [-0.3, -0.25) is 19.7 Å². The number of carbonyl (C=O) groups is 4. The van der Waals surface area contributed by atoms with Crippen LogP contribution in [0.3, 0.4) is 0 Å². The number of amides is 2. The van der Waals surface area contributed by atoms with E-state index in [0.29, 0.717) is 30.0 Å². The minimum atomic E-state index is -1.17. The smallest absolute Gasteiger partial charge is 0.320 e. The van der Waals surface area contributed by atoms with Crippen LogP contribution >= 0.6 is 0 Å². The van der Waals surface area contributed by atoms with Crippen molar-refractivity contribution in [3.05, 3.63) is 24.4 Å². The molecule has 276 valence electrons. The summed E-state index contributed by atoms with van der Waals surface area (Å²) in [6, 6.07) is 5.16. The number of nitrogens with zero attached hydrogens (tertiary/aromatic N) is 1. The normalized spacial score (nSPS) is 40.5. The summed E-state index contributed by atoms with van der Waals surface area (Å²) >= 11 is 0. The Bertz CT molecular complexity index is 1520. The van der Waals surface area contributed by atoms with Crippen molar-refractivity contribution in [2.45, 2.75) is 138 Å². The number of anilines is 1. The van der Waals surface area contributed by atoms with Crippen LogP contribution in [0.25, 0.3) is 0 Å². The predicted octanol–water partition coefficient (Wildman–Crippen LogP) is 8.28. The lowest BCUT2D eigenvalue weighted by Crippen LogP contribution is -2.69. The van der Waals surface area contributed by atoms with Gasteiger partial charge < -0.3 is 15.2 Å². The molecule has 2 amide bonds. The zero-order valence-corrected chi connectivity index (χ0v) is 31.9. The molecule has 1 aromatic rings. The number of esters is 1. The highest BCUT2D eigenvalue weighted by molar-refractivity contribution is 5.92. The lowest BCUT2D eigenvalue weighted by molar-refractivity contribution is -0.247. The average Bonchev–Trinajstić information content (AvgIpc) is 3.30. The summed E-state index contributed by atoms with van der Waals surface area (Å²) in [7, 11) is 0. The number of pyridine rings is 1. The zero-order valence-electron chi connectivity index (χ0n) is 31.9. The molecule has 0 saturated heterocycles. The molecule has 9 unspecified atom stereocenters. The number of ketones is 1. The van der Waals surface area contributed by atoms with Crippen LogP contribution in [0.1, 0.15) is 127 Å². The number of hydrogen-bond acceptors (Lipinski definition) is 6. The van der Waals surface area contributed by atoms with Crippen molar-refractivity contribution in [2.75, 3.05) is 5.32 Å². The monoisotopic (exact) mass is 691 g/mol. The molecular formula is C41H61N3O6. The summed E-state index contributed by atoms with van der Waals surface area (Å²) in [5, 5.41) is 15.9. The maximum Gasteiger partial charge on any atom is 0.320 e. The molecule has 6 rings (SSSR count). The fourth-order valence-electron chi connectivity index (χ4n) is 13.1. The number of carbonyl (C=O) groups excluding carboxylic acids is 3. The van der Waals surface area contributed by atoms with Gasteiger partial charge in [0, 0.05) is 24.0 Å². The molecule has 0 spiro atoms. The van der Waals surface area contributed by atoms with E-state index in [0.717, 1.165) is 51.4 Å². The standard InChI is InChI=1S/C41H61N3O6/c1-24(2)32-26(45)22-41(44-35(49)43-30-12-10-11-21-42-30)20-19-39(8)25(33(32)41)13-14-28-38(7)17-16-29(50-31(46)23-36(3,4)34(47)48)37(5,6)27(38)15-18-40(28,39)9/h10-12,21,24-25,27-29,32-33H,13-20,22-23H2,1-9H3,(H,47,48)(H2,42,43,44,49)/t25?,27?,28?,29?,32?,33?,38?,39-,40?,41?/m1/s1. The highest BCUT2D eigenvalue weighted by Gasteiger charge is 2.72. The molecule has 3 N–H and O–H groups in total.